The van der Waals surface area contributed by atoms with Gasteiger partial charge < -0.3 is 34.0 Å². The summed E-state index contributed by atoms with van der Waals surface area (Å²) in [5.74, 6) is -0.542. The van der Waals surface area contributed by atoms with Crippen LogP contribution in [0.3, 0.4) is 0 Å². The highest BCUT2D eigenvalue weighted by atomic mass is 32.2. The molecule has 12 heteroatoms. The van der Waals surface area contributed by atoms with Crippen LogP contribution in [-0.4, -0.2) is 77.0 Å². The number of thioether (sulfide) groups is 1. The van der Waals surface area contributed by atoms with Crippen molar-refractivity contribution in [1.29, 1.82) is 0 Å². The van der Waals surface area contributed by atoms with Crippen LogP contribution in [0.15, 0.2) is 101 Å². The third kappa shape index (κ3) is 14.9. The first-order valence-corrected chi connectivity index (χ1v) is 27.4. The predicted molar refractivity (Wildman–Crippen MR) is 279 cm³/mol. The van der Waals surface area contributed by atoms with E-state index in [0.29, 0.717) is 35.8 Å². The molecule has 1 aliphatic heterocycles. The lowest BCUT2D eigenvalue weighted by atomic mass is 9.55. The Kier molecular flexibility index (Phi) is 21.6. The Morgan fingerprint density at radius 1 is 0.886 bits per heavy atom. The van der Waals surface area contributed by atoms with Crippen LogP contribution in [0, 0.1) is 23.6 Å². The molecule has 6 atom stereocenters. The van der Waals surface area contributed by atoms with Gasteiger partial charge in [-0.05, 0) is 137 Å². The summed E-state index contributed by atoms with van der Waals surface area (Å²) >= 11 is 1.67. The van der Waals surface area contributed by atoms with Crippen LogP contribution in [0.4, 0.5) is 9.18 Å². The van der Waals surface area contributed by atoms with Crippen molar-refractivity contribution in [2.45, 2.75) is 172 Å². The Labute approximate surface area is 422 Å². The van der Waals surface area contributed by atoms with E-state index in [1.54, 1.807) is 34.9 Å². The summed E-state index contributed by atoms with van der Waals surface area (Å²) in [6.07, 6.45) is 21.9. The van der Waals surface area contributed by atoms with Crippen molar-refractivity contribution in [3.8, 4) is 17.2 Å². The minimum absolute atomic E-state index is 0.0295. The molecule has 3 aliphatic rings. The second-order valence-corrected chi connectivity index (χ2v) is 21.2. The lowest BCUT2D eigenvalue weighted by Crippen LogP contribution is -2.70. The number of carbonyl (C=O) groups is 1. The highest BCUT2D eigenvalue weighted by molar-refractivity contribution is 7.98. The Balaban J connectivity index is 1.48. The van der Waals surface area contributed by atoms with Gasteiger partial charge in [-0.1, -0.05) is 107 Å². The van der Waals surface area contributed by atoms with E-state index in [2.05, 4.69) is 25.6 Å². The fraction of sp³-hybridized carbons (Fsp3) is 0.586. The molecule has 0 bridgehead atoms. The van der Waals surface area contributed by atoms with E-state index >= 15 is 4.79 Å². The first-order valence-electron chi connectivity index (χ1n) is 26.2. The number of aliphatic hydroxyl groups is 2. The van der Waals surface area contributed by atoms with Gasteiger partial charge in [-0.25, -0.2) is 9.18 Å². The third-order valence-corrected chi connectivity index (χ3v) is 14.7. The van der Waals surface area contributed by atoms with Crippen LogP contribution in [-0.2, 0) is 20.9 Å². The lowest BCUT2D eigenvalue weighted by Gasteiger charge is -2.60. The fourth-order valence-corrected chi connectivity index (χ4v) is 11.0. The third-order valence-electron chi connectivity index (χ3n) is 14.0. The van der Waals surface area contributed by atoms with Gasteiger partial charge in [0.1, 0.15) is 34.7 Å². The molecule has 0 spiro atoms. The monoisotopic (exact) mass is 985 g/mol. The number of carbonyl (C=O) groups excluding carboxylic acids is 1. The Bertz CT molecular complexity index is 2140. The average molecular weight is 985 g/mol. The number of allylic oxidation sites excluding steroid dienone is 1. The van der Waals surface area contributed by atoms with Gasteiger partial charge in [0.15, 0.2) is 0 Å². The van der Waals surface area contributed by atoms with Gasteiger partial charge in [-0.3, -0.25) is 4.90 Å². The molecular weight excluding hydrogens is 904 g/mol. The minimum Gasteiger partial charge on any atom is -0.459 e. The normalized spacial score (nSPS) is 22.1. The number of hydrogen-bond acceptors (Lipinski definition) is 10. The molecule has 6 rings (SSSR count). The maximum atomic E-state index is 15.0. The van der Waals surface area contributed by atoms with Crippen molar-refractivity contribution in [3.63, 3.8) is 0 Å². The molecule has 1 fully saturated rings. The van der Waals surface area contributed by atoms with E-state index < -0.39 is 29.4 Å². The van der Waals surface area contributed by atoms with Crippen molar-refractivity contribution in [2.24, 2.45) is 22.9 Å². The van der Waals surface area contributed by atoms with Gasteiger partial charge in [0.2, 0.25) is 5.79 Å². The van der Waals surface area contributed by atoms with E-state index in [0.717, 1.165) is 66.5 Å². The van der Waals surface area contributed by atoms with Gasteiger partial charge in [-0.2, -0.15) is 0 Å². The van der Waals surface area contributed by atoms with Crippen molar-refractivity contribution in [1.82, 2.24) is 4.90 Å². The van der Waals surface area contributed by atoms with Gasteiger partial charge in [-0.15, -0.1) is 18.3 Å². The number of fused-ring (bicyclic) bond motifs is 2. The van der Waals surface area contributed by atoms with Gasteiger partial charge in [0.25, 0.3) is 0 Å². The predicted octanol–water partition coefficient (Wildman–Crippen LogP) is 14.3. The van der Waals surface area contributed by atoms with Crippen molar-refractivity contribution in [3.05, 3.63) is 108 Å². The van der Waals surface area contributed by atoms with E-state index in [1.807, 2.05) is 63.4 Å². The number of hydrogen-bond donors (Lipinski definition) is 2. The molecule has 0 aromatic heterocycles. The van der Waals surface area contributed by atoms with Crippen LogP contribution in [0.1, 0.15) is 154 Å². The number of rotatable bonds is 29. The zero-order valence-electron chi connectivity index (χ0n) is 42.7. The number of amides is 1. The van der Waals surface area contributed by atoms with E-state index in [4.69, 9.17) is 28.9 Å². The summed E-state index contributed by atoms with van der Waals surface area (Å²) in [7, 11) is 0. The SMILES string of the molecule is C=CCOC12Oc3ccc(Oc4ccc(SC)cc4)cc3C3C(CCCCO)C(CCCCO)C=C(C(=NOC(C)(C)C)CC1N(Cc1ccc(F)cc1)C(=O)OCCCCCCCCCCCC)C32. The fourth-order valence-electron chi connectivity index (χ4n) is 10.6. The summed E-state index contributed by atoms with van der Waals surface area (Å²) in [5.41, 5.74) is 2.67. The summed E-state index contributed by atoms with van der Waals surface area (Å²) < 4.78 is 42.0. The number of unbranched alkanes of at least 4 members (excludes halogenated alkanes) is 11. The minimum atomic E-state index is -1.49. The Morgan fingerprint density at radius 3 is 2.19 bits per heavy atom. The molecular formula is C58H81FN2O8S. The molecule has 1 amide bonds. The standard InChI is InChI=1S/C58H81FN2O8S/c1-7-9-10-11-12-13-14-15-16-21-37-65-56(64)61(41-42-24-26-44(59)27-25-42)53-40-51(60-69-57(3,4)5)49-38-43(22-17-19-34-62)48(23-18-20-35-63)54-50-39-46(67-45-28-31-47(70-6)32-29-45)30-33-52(50)68-58(53,55(49)54)66-36-8-2/h8,24-33,38-39,43,48,53-55,62-63H,2,7,9-23,34-37,40-41H2,1,3-6H3. The summed E-state index contributed by atoms with van der Waals surface area (Å²) in [5, 5.41) is 25.1. The number of benzene rings is 3. The van der Waals surface area contributed by atoms with Gasteiger partial charge >= 0.3 is 6.09 Å². The molecule has 0 radical (unpaired) electrons. The summed E-state index contributed by atoms with van der Waals surface area (Å²) in [6.45, 7) is 12.9. The maximum absolute atomic E-state index is 15.0. The molecule has 70 heavy (non-hydrogen) atoms. The molecule has 2 N–H and O–H groups in total. The number of ether oxygens (including phenoxy) is 4. The number of aliphatic hydroxyl groups excluding tert-OH is 2. The Morgan fingerprint density at radius 2 is 1.54 bits per heavy atom. The smallest absolute Gasteiger partial charge is 0.410 e. The van der Waals surface area contributed by atoms with Crippen LogP contribution in [0.5, 0.6) is 17.2 Å². The van der Waals surface area contributed by atoms with Crippen LogP contribution >= 0.6 is 11.8 Å². The van der Waals surface area contributed by atoms with Gasteiger partial charge in [0.05, 0.1) is 24.8 Å². The zero-order valence-corrected chi connectivity index (χ0v) is 43.5. The largest absolute Gasteiger partial charge is 0.459 e. The van der Waals surface area contributed by atoms with Crippen molar-refractivity contribution < 1.29 is 43.2 Å². The first kappa shape index (κ1) is 55.0. The molecule has 3 aromatic rings. The number of oxime groups is 1. The van der Waals surface area contributed by atoms with Gasteiger partial charge in [0, 0.05) is 42.6 Å². The first-order chi connectivity index (χ1) is 33.9. The molecule has 0 saturated heterocycles. The lowest BCUT2D eigenvalue weighted by molar-refractivity contribution is -0.256. The highest BCUT2D eigenvalue weighted by Crippen LogP contribution is 2.62. The quantitative estimate of drug-likeness (QED) is 0.0303. The number of halogens is 1. The maximum Gasteiger partial charge on any atom is 0.410 e. The molecule has 10 nitrogen and oxygen atoms in total. The molecule has 1 heterocycles. The van der Waals surface area contributed by atoms with Crippen molar-refractivity contribution >= 4 is 23.6 Å². The van der Waals surface area contributed by atoms with E-state index in [9.17, 15) is 14.6 Å². The molecule has 2 aliphatic carbocycles. The zero-order chi connectivity index (χ0) is 49.9. The molecule has 3 aromatic carbocycles. The van der Waals surface area contributed by atoms with Crippen LogP contribution in [0.25, 0.3) is 0 Å². The van der Waals surface area contributed by atoms with Crippen molar-refractivity contribution in [2.75, 3.05) is 32.7 Å². The van der Waals surface area contributed by atoms with E-state index in [-0.39, 0.29) is 63.0 Å². The molecule has 1 saturated carbocycles. The number of nitrogens with zero attached hydrogens (tertiary/aromatic N) is 2. The summed E-state index contributed by atoms with van der Waals surface area (Å²) in [6, 6.07) is 19.4. The highest BCUT2D eigenvalue weighted by Gasteiger charge is 2.65. The van der Waals surface area contributed by atoms with E-state index in [1.165, 1.54) is 57.1 Å². The topological polar surface area (TPSA) is 119 Å². The molecule has 384 valence electrons. The van der Waals surface area contributed by atoms with Crippen LogP contribution in [0.2, 0.25) is 0 Å². The second-order valence-electron chi connectivity index (χ2n) is 20.3. The average Bonchev–Trinajstić information content (AvgIpc) is 3.35. The molecule has 6 unspecified atom stereocenters. The Hall–Kier alpha value is -4.36. The van der Waals surface area contributed by atoms with Crippen LogP contribution < -0.4 is 9.47 Å². The second kappa shape index (κ2) is 27.5. The summed E-state index contributed by atoms with van der Waals surface area (Å²) in [4.78, 5) is 24.2.